The largest absolute Gasteiger partial charge is 0.497 e. The topological polar surface area (TPSA) is 55.6 Å². The number of methoxy groups -OCH3 is 1. The first-order valence-electron chi connectivity index (χ1n) is 7.70. The molecule has 0 aliphatic rings. The van der Waals surface area contributed by atoms with Crippen LogP contribution in [0.3, 0.4) is 0 Å². The van der Waals surface area contributed by atoms with Gasteiger partial charge in [0, 0.05) is 12.3 Å². The van der Waals surface area contributed by atoms with Gasteiger partial charge in [0.25, 0.3) is 0 Å². The van der Waals surface area contributed by atoms with E-state index in [0.717, 1.165) is 28.3 Å². The van der Waals surface area contributed by atoms with Crippen LogP contribution in [0.2, 0.25) is 0 Å². The predicted molar refractivity (Wildman–Crippen MR) is 93.8 cm³/mol. The van der Waals surface area contributed by atoms with Gasteiger partial charge in [-0.25, -0.2) is 4.98 Å². The Kier molecular flexibility index (Phi) is 4.61. The summed E-state index contributed by atoms with van der Waals surface area (Å²) in [5.41, 5.74) is 3.69. The number of amides is 1. The highest BCUT2D eigenvalue weighted by atomic mass is 16.5. The Balaban J connectivity index is 1.66. The average Bonchev–Trinajstić information content (AvgIpc) is 2.93. The minimum atomic E-state index is -0.150. The summed E-state index contributed by atoms with van der Waals surface area (Å²) in [4.78, 5) is 16.5. The van der Waals surface area contributed by atoms with Crippen molar-refractivity contribution < 1.29 is 9.53 Å². The van der Waals surface area contributed by atoms with Gasteiger partial charge in [0.05, 0.1) is 25.0 Å². The Bertz CT molecular complexity index is 897. The average molecular weight is 321 g/mol. The van der Waals surface area contributed by atoms with Gasteiger partial charge >= 0.3 is 0 Å². The minimum Gasteiger partial charge on any atom is -0.497 e. The SMILES string of the molecule is COc1cccc(/C=C/C(=O)NCc2c(C)nc3ccccn23)c1. The molecule has 1 aromatic carbocycles. The Morgan fingerprint density at radius 2 is 2.17 bits per heavy atom. The molecule has 122 valence electrons. The molecule has 1 amide bonds. The molecule has 0 saturated heterocycles. The monoisotopic (exact) mass is 321 g/mol. The van der Waals surface area contributed by atoms with E-state index in [4.69, 9.17) is 4.74 Å². The van der Waals surface area contributed by atoms with Crippen molar-refractivity contribution in [2.75, 3.05) is 7.11 Å². The molecule has 3 aromatic rings. The van der Waals surface area contributed by atoms with Crippen LogP contribution in [0.5, 0.6) is 5.75 Å². The molecule has 5 nitrogen and oxygen atoms in total. The number of nitrogens with zero attached hydrogens (tertiary/aromatic N) is 2. The van der Waals surface area contributed by atoms with Gasteiger partial charge in [-0.3, -0.25) is 4.79 Å². The van der Waals surface area contributed by atoms with Gasteiger partial charge in [-0.2, -0.15) is 0 Å². The maximum absolute atomic E-state index is 12.1. The number of nitrogens with one attached hydrogen (secondary N) is 1. The number of hydrogen-bond acceptors (Lipinski definition) is 3. The Labute approximate surface area is 140 Å². The zero-order valence-electron chi connectivity index (χ0n) is 13.7. The van der Waals surface area contributed by atoms with Crippen LogP contribution < -0.4 is 10.1 Å². The summed E-state index contributed by atoms with van der Waals surface area (Å²) in [6.45, 7) is 2.37. The van der Waals surface area contributed by atoms with E-state index in [9.17, 15) is 4.79 Å². The van der Waals surface area contributed by atoms with Crippen molar-refractivity contribution in [1.29, 1.82) is 0 Å². The van der Waals surface area contributed by atoms with Crippen molar-refractivity contribution in [3.63, 3.8) is 0 Å². The highest BCUT2D eigenvalue weighted by Crippen LogP contribution is 2.14. The summed E-state index contributed by atoms with van der Waals surface area (Å²) >= 11 is 0. The van der Waals surface area contributed by atoms with Crippen LogP contribution >= 0.6 is 0 Å². The van der Waals surface area contributed by atoms with Crippen molar-refractivity contribution in [1.82, 2.24) is 14.7 Å². The second-order valence-electron chi connectivity index (χ2n) is 5.40. The molecule has 0 radical (unpaired) electrons. The summed E-state index contributed by atoms with van der Waals surface area (Å²) < 4.78 is 7.16. The lowest BCUT2D eigenvalue weighted by Gasteiger charge is -2.04. The zero-order chi connectivity index (χ0) is 16.9. The highest BCUT2D eigenvalue weighted by molar-refractivity contribution is 5.91. The third-order valence-electron chi connectivity index (χ3n) is 3.78. The van der Waals surface area contributed by atoms with Crippen LogP contribution in [0, 0.1) is 6.92 Å². The van der Waals surface area contributed by atoms with Crippen LogP contribution in [-0.4, -0.2) is 22.4 Å². The fourth-order valence-corrected chi connectivity index (χ4v) is 2.52. The van der Waals surface area contributed by atoms with Crippen molar-refractivity contribution in [3.05, 3.63) is 71.7 Å². The molecular formula is C19H19N3O2. The molecule has 1 N–H and O–H groups in total. The first-order valence-corrected chi connectivity index (χ1v) is 7.70. The standard InChI is InChI=1S/C19H19N3O2/c1-14-17(22-11-4-3-8-18(22)21-14)13-20-19(23)10-9-15-6-5-7-16(12-15)24-2/h3-12H,13H2,1-2H3,(H,20,23)/b10-9+. The number of carbonyl (C=O) groups is 1. The second kappa shape index (κ2) is 7.00. The van der Waals surface area contributed by atoms with Gasteiger partial charge in [-0.15, -0.1) is 0 Å². The minimum absolute atomic E-state index is 0.150. The smallest absolute Gasteiger partial charge is 0.244 e. The molecule has 0 bridgehead atoms. The molecular weight excluding hydrogens is 302 g/mol. The van der Waals surface area contributed by atoms with Crippen molar-refractivity contribution in [2.24, 2.45) is 0 Å². The molecule has 0 fully saturated rings. The number of hydrogen-bond donors (Lipinski definition) is 1. The normalized spacial score (nSPS) is 11.1. The zero-order valence-corrected chi connectivity index (χ0v) is 13.7. The molecule has 5 heteroatoms. The van der Waals surface area contributed by atoms with Gasteiger partial charge in [0.1, 0.15) is 11.4 Å². The second-order valence-corrected chi connectivity index (χ2v) is 5.40. The Hall–Kier alpha value is -3.08. The van der Waals surface area contributed by atoms with Gasteiger partial charge in [0.2, 0.25) is 5.91 Å². The van der Waals surface area contributed by atoms with E-state index in [1.807, 2.05) is 60.0 Å². The van der Waals surface area contributed by atoms with E-state index >= 15 is 0 Å². The summed E-state index contributed by atoms with van der Waals surface area (Å²) in [7, 11) is 1.62. The van der Waals surface area contributed by atoms with Gasteiger partial charge in [0.15, 0.2) is 0 Å². The molecule has 0 aliphatic heterocycles. The number of ether oxygens (including phenoxy) is 1. The summed E-state index contributed by atoms with van der Waals surface area (Å²) in [5, 5.41) is 2.90. The van der Waals surface area contributed by atoms with E-state index in [0.29, 0.717) is 6.54 Å². The fourth-order valence-electron chi connectivity index (χ4n) is 2.52. The van der Waals surface area contributed by atoms with E-state index in [1.165, 1.54) is 6.08 Å². The van der Waals surface area contributed by atoms with Crippen LogP contribution in [0.25, 0.3) is 11.7 Å². The fraction of sp³-hybridized carbons (Fsp3) is 0.158. The molecule has 0 saturated carbocycles. The van der Waals surface area contributed by atoms with Crippen molar-refractivity contribution in [2.45, 2.75) is 13.5 Å². The summed E-state index contributed by atoms with van der Waals surface area (Å²) in [5.74, 6) is 0.613. The molecule has 0 unspecified atom stereocenters. The molecule has 0 aliphatic carbocycles. The summed E-state index contributed by atoms with van der Waals surface area (Å²) in [6.07, 6.45) is 5.23. The van der Waals surface area contributed by atoms with Gasteiger partial charge in [-0.1, -0.05) is 18.2 Å². The number of fused-ring (bicyclic) bond motifs is 1. The number of aromatic nitrogens is 2. The predicted octanol–water partition coefficient (Wildman–Crippen LogP) is 2.98. The number of carbonyl (C=O) groups excluding carboxylic acids is 1. The number of rotatable bonds is 5. The van der Waals surface area contributed by atoms with E-state index in [2.05, 4.69) is 10.3 Å². The van der Waals surface area contributed by atoms with Crippen molar-refractivity contribution >= 4 is 17.6 Å². The van der Waals surface area contributed by atoms with E-state index in [1.54, 1.807) is 13.2 Å². The lowest BCUT2D eigenvalue weighted by Crippen LogP contribution is -2.21. The maximum Gasteiger partial charge on any atom is 0.244 e. The first-order chi connectivity index (χ1) is 11.7. The Morgan fingerprint density at radius 1 is 1.29 bits per heavy atom. The molecule has 2 aromatic heterocycles. The molecule has 2 heterocycles. The quantitative estimate of drug-likeness (QED) is 0.735. The molecule has 0 atom stereocenters. The number of imidazole rings is 1. The van der Waals surface area contributed by atoms with Crippen LogP contribution in [0.1, 0.15) is 17.0 Å². The van der Waals surface area contributed by atoms with E-state index in [-0.39, 0.29) is 5.91 Å². The van der Waals surface area contributed by atoms with Gasteiger partial charge in [-0.05, 0) is 42.8 Å². The lowest BCUT2D eigenvalue weighted by atomic mass is 10.2. The highest BCUT2D eigenvalue weighted by Gasteiger charge is 2.08. The third-order valence-corrected chi connectivity index (χ3v) is 3.78. The molecule has 3 rings (SSSR count). The number of pyridine rings is 1. The van der Waals surface area contributed by atoms with E-state index < -0.39 is 0 Å². The van der Waals surface area contributed by atoms with Crippen LogP contribution in [-0.2, 0) is 11.3 Å². The van der Waals surface area contributed by atoms with Crippen molar-refractivity contribution in [3.8, 4) is 5.75 Å². The first kappa shape index (κ1) is 15.8. The van der Waals surface area contributed by atoms with Gasteiger partial charge < -0.3 is 14.5 Å². The number of benzene rings is 1. The van der Waals surface area contributed by atoms with Crippen LogP contribution in [0.4, 0.5) is 0 Å². The maximum atomic E-state index is 12.1. The lowest BCUT2D eigenvalue weighted by molar-refractivity contribution is -0.116. The molecule has 0 spiro atoms. The Morgan fingerprint density at radius 3 is 3.00 bits per heavy atom. The van der Waals surface area contributed by atoms with Crippen LogP contribution in [0.15, 0.2) is 54.7 Å². The number of aryl methyl sites for hydroxylation is 1. The summed E-state index contributed by atoms with van der Waals surface area (Å²) in [6, 6.07) is 13.4. The third kappa shape index (κ3) is 3.46. The molecule has 24 heavy (non-hydrogen) atoms.